The van der Waals surface area contributed by atoms with Crippen LogP contribution in [-0.4, -0.2) is 134 Å². The normalized spacial score (nSPS) is 19.1. The topological polar surface area (TPSA) is 76.6 Å². The Balaban J connectivity index is 0.000000547. The van der Waals surface area contributed by atoms with Gasteiger partial charge in [0.1, 0.15) is 0 Å². The second-order valence-electron chi connectivity index (χ2n) is 35.7. The van der Waals surface area contributed by atoms with Gasteiger partial charge in [-0.2, -0.15) is 0 Å². The fourth-order valence-corrected chi connectivity index (χ4v) is 12.3. The maximum atomic E-state index is 13.0. The first-order valence-corrected chi connectivity index (χ1v) is 34.3. The monoisotopic (exact) mass is 1160 g/mol. The first-order valence-electron chi connectivity index (χ1n) is 34.3. The number of unbranched alkanes of at least 4 members (excludes halogenated alkanes) is 4. The second kappa shape index (κ2) is 35.9. The van der Waals surface area contributed by atoms with Gasteiger partial charge in [0.05, 0.1) is 13.2 Å². The Kier molecular flexibility index (Phi) is 34.3. The Morgan fingerprint density at radius 3 is 0.915 bits per heavy atom. The molecule has 9 heteroatoms. The molecule has 0 aromatic rings. The van der Waals surface area contributed by atoms with Crippen molar-refractivity contribution in [2.24, 2.45) is 67.0 Å². The van der Waals surface area contributed by atoms with Crippen molar-refractivity contribution in [1.29, 1.82) is 0 Å². The maximum Gasteiger partial charge on any atom is 0.226 e. The number of likely N-dealkylation sites (tertiary alicyclic amines) is 2. The molecule has 0 bridgehead atoms. The Bertz CT molecular complexity index is 1710. The molecule has 0 radical (unpaired) electrons. The van der Waals surface area contributed by atoms with E-state index in [-0.39, 0.29) is 34.0 Å². The summed E-state index contributed by atoms with van der Waals surface area (Å²) in [5.41, 5.74) is 2.36. The number of carbonyl (C=O) groups is 3. The number of morpholine rings is 1. The van der Waals surface area contributed by atoms with Gasteiger partial charge in [0.2, 0.25) is 17.7 Å². The molecule has 4 saturated heterocycles. The minimum Gasteiger partial charge on any atom is -0.378 e. The van der Waals surface area contributed by atoms with Crippen LogP contribution in [0.1, 0.15) is 295 Å². The van der Waals surface area contributed by atoms with Gasteiger partial charge in [-0.3, -0.25) is 14.4 Å². The van der Waals surface area contributed by atoms with Crippen LogP contribution < -0.4 is 0 Å². The third-order valence-electron chi connectivity index (χ3n) is 18.2. The van der Waals surface area contributed by atoms with Crippen molar-refractivity contribution in [3.8, 4) is 0 Å². The molecule has 4 heterocycles. The van der Waals surface area contributed by atoms with Crippen LogP contribution in [0.25, 0.3) is 0 Å². The highest BCUT2D eigenvalue weighted by Gasteiger charge is 2.37. The van der Waals surface area contributed by atoms with E-state index >= 15 is 0 Å². The first-order chi connectivity index (χ1) is 37.4. The smallest absolute Gasteiger partial charge is 0.226 e. The van der Waals surface area contributed by atoms with Gasteiger partial charge >= 0.3 is 0 Å². The second-order valence-corrected chi connectivity index (χ2v) is 35.7. The van der Waals surface area contributed by atoms with Crippen LogP contribution in [0.3, 0.4) is 0 Å². The summed E-state index contributed by atoms with van der Waals surface area (Å²) < 4.78 is 5.36. The molecule has 3 amide bonds. The maximum absolute atomic E-state index is 13.0. The van der Waals surface area contributed by atoms with E-state index < -0.39 is 0 Å². The molecule has 0 aliphatic carbocycles. The van der Waals surface area contributed by atoms with Crippen LogP contribution in [-0.2, 0) is 19.1 Å². The number of hydrogen-bond donors (Lipinski definition) is 0. The largest absolute Gasteiger partial charge is 0.378 e. The third-order valence-corrected chi connectivity index (χ3v) is 18.2. The summed E-state index contributed by atoms with van der Waals surface area (Å²) in [7, 11) is 2.13. The zero-order valence-electron chi connectivity index (χ0n) is 60.0. The van der Waals surface area contributed by atoms with Crippen molar-refractivity contribution in [1.82, 2.24) is 24.5 Å². The minimum absolute atomic E-state index is 0.0388. The van der Waals surface area contributed by atoms with Crippen molar-refractivity contribution in [2.75, 3.05) is 92.3 Å². The molecular weight excluding hydrogens is 1010 g/mol. The standard InChI is InChI=1S/C19H38N2O.C18H35NO2.C18H35NO.C18H37N/c1-18(2,3)11-9-8-10-16(19(4,5)6)17(22)21-14-12-20(7)13-15-21;1-17(2,3)10-8-7-9-15(18(4,5)6)16(20)19-11-13-21-14-12-19;1-17(2,3)12-8-7-11-15(18(4,5)6)16(20)19-13-9-10-14-19;1-17(2,3)12-8-7-11-16(18(4,5)6)15-19-13-9-10-14-19/h16H,8-15H2,1-7H3;15H,7-14H2,1-6H3;15H,7-14H2,1-6H3;16H,7-15H2,1-6H3. The summed E-state index contributed by atoms with van der Waals surface area (Å²) in [6, 6.07) is 0. The lowest BCUT2D eigenvalue weighted by atomic mass is 9.76. The number of carbonyl (C=O) groups excluding carboxylic acids is 3. The van der Waals surface area contributed by atoms with Crippen molar-refractivity contribution >= 4 is 17.7 Å². The number of likely N-dealkylation sites (N-methyl/N-ethyl adjacent to an activating group) is 1. The lowest BCUT2D eigenvalue weighted by Gasteiger charge is -2.38. The molecule has 4 atom stereocenters. The molecule has 4 aliphatic heterocycles. The average molecular weight is 1160 g/mol. The van der Waals surface area contributed by atoms with Crippen LogP contribution in [0.4, 0.5) is 0 Å². The van der Waals surface area contributed by atoms with E-state index in [4.69, 9.17) is 4.74 Å². The number of nitrogens with zero attached hydrogens (tertiary/aromatic N) is 5. The van der Waals surface area contributed by atoms with E-state index in [2.05, 4.69) is 193 Å². The lowest BCUT2D eigenvalue weighted by Crippen LogP contribution is -2.50. The van der Waals surface area contributed by atoms with Gasteiger partial charge < -0.3 is 29.2 Å². The molecule has 9 nitrogen and oxygen atoms in total. The number of ether oxygens (including phenoxy) is 1. The van der Waals surface area contributed by atoms with Crippen molar-refractivity contribution in [2.45, 2.75) is 295 Å². The number of piperazine rings is 1. The molecule has 486 valence electrons. The van der Waals surface area contributed by atoms with Gasteiger partial charge in [0.15, 0.2) is 0 Å². The highest BCUT2D eigenvalue weighted by molar-refractivity contribution is 5.80. The molecular formula is C73H145N5O4. The molecule has 4 fully saturated rings. The van der Waals surface area contributed by atoms with Gasteiger partial charge in [0.25, 0.3) is 0 Å². The summed E-state index contributed by atoms with van der Waals surface area (Å²) in [5, 5.41) is 0. The van der Waals surface area contributed by atoms with E-state index in [1.807, 2.05) is 4.90 Å². The summed E-state index contributed by atoms with van der Waals surface area (Å²) in [5.74, 6) is 2.49. The van der Waals surface area contributed by atoms with Crippen LogP contribution >= 0.6 is 0 Å². The van der Waals surface area contributed by atoms with E-state index in [9.17, 15) is 14.4 Å². The number of rotatable bonds is 21. The average Bonchev–Trinajstić information content (AvgIpc) is 4.18. The fourth-order valence-electron chi connectivity index (χ4n) is 12.3. The number of amides is 3. The number of hydrogen-bond acceptors (Lipinski definition) is 6. The molecule has 0 saturated carbocycles. The van der Waals surface area contributed by atoms with Crippen LogP contribution in [0.5, 0.6) is 0 Å². The molecule has 0 aromatic carbocycles. The Morgan fingerprint density at radius 2 is 0.622 bits per heavy atom. The highest BCUT2D eigenvalue weighted by Crippen LogP contribution is 2.38. The zero-order chi connectivity index (χ0) is 63.0. The van der Waals surface area contributed by atoms with E-state index in [1.54, 1.807) is 0 Å². The Labute approximate surface area is 512 Å². The van der Waals surface area contributed by atoms with E-state index in [0.717, 1.165) is 84.0 Å². The van der Waals surface area contributed by atoms with Gasteiger partial charge in [0, 0.05) is 76.7 Å². The zero-order valence-corrected chi connectivity index (χ0v) is 60.0. The lowest BCUT2D eigenvalue weighted by molar-refractivity contribution is -0.143. The van der Waals surface area contributed by atoms with Gasteiger partial charge in [-0.05, 0) is 146 Å². The van der Waals surface area contributed by atoms with Crippen molar-refractivity contribution in [3.63, 3.8) is 0 Å². The van der Waals surface area contributed by atoms with Crippen LogP contribution in [0.2, 0.25) is 0 Å². The van der Waals surface area contributed by atoms with Gasteiger partial charge in [-0.15, -0.1) is 0 Å². The molecule has 4 unspecified atom stereocenters. The molecule has 0 aromatic heterocycles. The highest BCUT2D eigenvalue weighted by atomic mass is 16.5. The van der Waals surface area contributed by atoms with Gasteiger partial charge in [-0.25, -0.2) is 0 Å². The summed E-state index contributed by atoms with van der Waals surface area (Å²) in [4.78, 5) is 49.7. The van der Waals surface area contributed by atoms with E-state index in [1.165, 1.54) is 122 Å². The third kappa shape index (κ3) is 35.8. The van der Waals surface area contributed by atoms with Crippen molar-refractivity contribution in [3.05, 3.63) is 0 Å². The van der Waals surface area contributed by atoms with Gasteiger partial charge in [-0.1, -0.05) is 218 Å². The SMILES string of the molecule is CC(C)(C)CCCCC(C(=O)N1CCCC1)C(C)(C)C.CC(C)(C)CCCCC(C(=O)N1CCOCC1)C(C)(C)C.CC(C)(C)CCCCC(CN1CCCC1)C(C)(C)C.CN1CCN(C(=O)C(CCCCC(C)(C)C)C(C)(C)C)CC1. The van der Waals surface area contributed by atoms with Crippen LogP contribution in [0.15, 0.2) is 0 Å². The summed E-state index contributed by atoms with van der Waals surface area (Å²) in [6.07, 6.45) is 24.8. The van der Waals surface area contributed by atoms with Crippen molar-refractivity contribution < 1.29 is 19.1 Å². The minimum atomic E-state index is 0.0388. The quantitative estimate of drug-likeness (QED) is 0.107. The Hall–Kier alpha value is -1.71. The predicted molar refractivity (Wildman–Crippen MR) is 356 cm³/mol. The molecule has 82 heavy (non-hydrogen) atoms. The molecule has 4 aliphatic rings. The molecule has 0 N–H and O–H groups in total. The predicted octanol–water partition coefficient (Wildman–Crippen LogP) is 18.4. The van der Waals surface area contributed by atoms with E-state index in [0.29, 0.717) is 58.0 Å². The van der Waals surface area contributed by atoms with Crippen LogP contribution in [0, 0.1) is 67.0 Å². The molecule has 0 spiro atoms. The molecule has 4 rings (SSSR count). The fraction of sp³-hybridized carbons (Fsp3) is 0.959. The first kappa shape index (κ1) is 78.3. The summed E-state index contributed by atoms with van der Waals surface area (Å²) in [6.45, 7) is 67.5. The Morgan fingerprint density at radius 1 is 0.341 bits per heavy atom. The summed E-state index contributed by atoms with van der Waals surface area (Å²) >= 11 is 0.